The van der Waals surface area contributed by atoms with E-state index in [0.717, 1.165) is 37.4 Å². The zero-order chi connectivity index (χ0) is 11.1. The molecule has 0 radical (unpaired) electrons. The van der Waals surface area contributed by atoms with Gasteiger partial charge in [-0.1, -0.05) is 6.92 Å². The van der Waals surface area contributed by atoms with Crippen LogP contribution in [0.15, 0.2) is 12.4 Å². The smallest absolute Gasteiger partial charge is 0.129 e. The van der Waals surface area contributed by atoms with E-state index in [-0.39, 0.29) is 0 Å². The molecule has 0 spiro atoms. The summed E-state index contributed by atoms with van der Waals surface area (Å²) >= 11 is 0. The molecule has 4 heteroatoms. The SMILES string of the molecule is CCNCc1cnc(CCN(C)C)nc1. The Balaban J connectivity index is 2.41. The van der Waals surface area contributed by atoms with Gasteiger partial charge >= 0.3 is 0 Å². The predicted molar refractivity (Wildman–Crippen MR) is 61.7 cm³/mol. The minimum Gasteiger partial charge on any atom is -0.313 e. The molecular formula is C11H20N4. The van der Waals surface area contributed by atoms with Crippen molar-refractivity contribution in [2.45, 2.75) is 19.9 Å². The standard InChI is InChI=1S/C11H20N4/c1-4-12-7-10-8-13-11(14-9-10)5-6-15(2)3/h8-9,12H,4-7H2,1-3H3. The van der Waals surface area contributed by atoms with Crippen LogP contribution in [-0.2, 0) is 13.0 Å². The van der Waals surface area contributed by atoms with E-state index in [9.17, 15) is 0 Å². The Morgan fingerprint density at radius 3 is 2.47 bits per heavy atom. The quantitative estimate of drug-likeness (QED) is 0.747. The fourth-order valence-electron chi connectivity index (χ4n) is 1.19. The molecule has 0 aliphatic heterocycles. The third-order valence-electron chi connectivity index (χ3n) is 2.12. The van der Waals surface area contributed by atoms with Crippen molar-refractivity contribution in [1.82, 2.24) is 20.2 Å². The van der Waals surface area contributed by atoms with Gasteiger partial charge in [-0.25, -0.2) is 9.97 Å². The van der Waals surface area contributed by atoms with Crippen molar-refractivity contribution in [1.29, 1.82) is 0 Å². The Hall–Kier alpha value is -1.00. The number of hydrogen-bond donors (Lipinski definition) is 1. The Kier molecular flexibility index (Phi) is 5.21. The second kappa shape index (κ2) is 6.48. The van der Waals surface area contributed by atoms with Crippen LogP contribution >= 0.6 is 0 Å². The molecule has 0 bridgehead atoms. The summed E-state index contributed by atoms with van der Waals surface area (Å²) in [5.41, 5.74) is 1.14. The van der Waals surface area contributed by atoms with Crippen LogP contribution in [0.2, 0.25) is 0 Å². The average molecular weight is 208 g/mol. The van der Waals surface area contributed by atoms with Gasteiger partial charge in [0.2, 0.25) is 0 Å². The molecule has 84 valence electrons. The molecule has 1 N–H and O–H groups in total. The first-order valence-electron chi connectivity index (χ1n) is 5.37. The number of hydrogen-bond acceptors (Lipinski definition) is 4. The van der Waals surface area contributed by atoms with E-state index in [2.05, 4.69) is 41.2 Å². The fraction of sp³-hybridized carbons (Fsp3) is 0.636. The highest BCUT2D eigenvalue weighted by Crippen LogP contribution is 1.97. The Bertz CT molecular complexity index is 268. The van der Waals surface area contributed by atoms with Crippen molar-refractivity contribution in [3.63, 3.8) is 0 Å². The number of nitrogens with one attached hydrogen (secondary N) is 1. The summed E-state index contributed by atoms with van der Waals surface area (Å²) in [6.45, 7) is 4.91. The van der Waals surface area contributed by atoms with Gasteiger partial charge in [0.05, 0.1) is 0 Å². The molecule has 0 unspecified atom stereocenters. The summed E-state index contributed by atoms with van der Waals surface area (Å²) in [5, 5.41) is 3.25. The zero-order valence-corrected chi connectivity index (χ0v) is 9.82. The number of nitrogens with zero attached hydrogens (tertiary/aromatic N) is 3. The lowest BCUT2D eigenvalue weighted by molar-refractivity contribution is 0.409. The summed E-state index contributed by atoms with van der Waals surface area (Å²) in [7, 11) is 4.11. The van der Waals surface area contributed by atoms with Gasteiger partial charge in [-0.15, -0.1) is 0 Å². The van der Waals surface area contributed by atoms with E-state index >= 15 is 0 Å². The molecule has 1 aromatic heterocycles. The van der Waals surface area contributed by atoms with Crippen LogP contribution in [0.4, 0.5) is 0 Å². The second-order valence-corrected chi connectivity index (χ2v) is 3.84. The Morgan fingerprint density at radius 2 is 1.93 bits per heavy atom. The number of rotatable bonds is 6. The molecular weight excluding hydrogens is 188 g/mol. The van der Waals surface area contributed by atoms with Crippen molar-refractivity contribution in [3.8, 4) is 0 Å². The molecule has 0 amide bonds. The fourth-order valence-corrected chi connectivity index (χ4v) is 1.19. The maximum Gasteiger partial charge on any atom is 0.129 e. The van der Waals surface area contributed by atoms with Crippen molar-refractivity contribution >= 4 is 0 Å². The van der Waals surface area contributed by atoms with Gasteiger partial charge < -0.3 is 10.2 Å². The minimum atomic E-state index is 0.852. The minimum absolute atomic E-state index is 0.852. The third-order valence-corrected chi connectivity index (χ3v) is 2.12. The molecule has 0 saturated heterocycles. The largest absolute Gasteiger partial charge is 0.313 e. The molecule has 0 aliphatic rings. The summed E-state index contributed by atoms with van der Waals surface area (Å²) in [6, 6.07) is 0. The van der Waals surface area contributed by atoms with E-state index in [0.29, 0.717) is 0 Å². The van der Waals surface area contributed by atoms with Crippen LogP contribution in [0.3, 0.4) is 0 Å². The van der Waals surface area contributed by atoms with Crippen molar-refractivity contribution in [2.24, 2.45) is 0 Å². The first kappa shape index (κ1) is 12.1. The molecule has 15 heavy (non-hydrogen) atoms. The molecule has 0 fully saturated rings. The predicted octanol–water partition coefficient (Wildman–Crippen LogP) is 0.690. The molecule has 1 rings (SSSR count). The van der Waals surface area contributed by atoms with Gasteiger partial charge in [0, 0.05) is 37.5 Å². The van der Waals surface area contributed by atoms with E-state index in [1.807, 2.05) is 12.4 Å². The summed E-state index contributed by atoms with van der Waals surface area (Å²) in [4.78, 5) is 10.8. The molecule has 1 heterocycles. The van der Waals surface area contributed by atoms with Crippen molar-refractivity contribution in [3.05, 3.63) is 23.8 Å². The van der Waals surface area contributed by atoms with Crippen LogP contribution in [0.5, 0.6) is 0 Å². The lowest BCUT2D eigenvalue weighted by Crippen LogP contribution is -2.17. The van der Waals surface area contributed by atoms with Gasteiger partial charge in [0.1, 0.15) is 5.82 Å². The van der Waals surface area contributed by atoms with Crippen molar-refractivity contribution in [2.75, 3.05) is 27.2 Å². The Labute approximate surface area is 91.7 Å². The maximum absolute atomic E-state index is 4.33. The summed E-state index contributed by atoms with van der Waals surface area (Å²) in [5.74, 6) is 0.920. The van der Waals surface area contributed by atoms with Crippen LogP contribution in [-0.4, -0.2) is 42.1 Å². The first-order valence-corrected chi connectivity index (χ1v) is 5.37. The number of likely N-dealkylation sites (N-methyl/N-ethyl adjacent to an activating group) is 1. The zero-order valence-electron chi connectivity index (χ0n) is 9.82. The van der Waals surface area contributed by atoms with Crippen LogP contribution in [0, 0.1) is 0 Å². The Morgan fingerprint density at radius 1 is 1.27 bits per heavy atom. The topological polar surface area (TPSA) is 41.1 Å². The van der Waals surface area contributed by atoms with Gasteiger partial charge in [-0.05, 0) is 20.6 Å². The molecule has 0 atom stereocenters. The highest BCUT2D eigenvalue weighted by Gasteiger charge is 1.98. The lowest BCUT2D eigenvalue weighted by atomic mass is 10.3. The highest BCUT2D eigenvalue weighted by molar-refractivity contribution is 5.04. The summed E-state index contributed by atoms with van der Waals surface area (Å²) < 4.78 is 0. The van der Waals surface area contributed by atoms with Gasteiger partial charge in [0.25, 0.3) is 0 Å². The molecule has 0 saturated carbocycles. The van der Waals surface area contributed by atoms with Crippen LogP contribution < -0.4 is 5.32 Å². The van der Waals surface area contributed by atoms with Gasteiger partial charge in [-0.3, -0.25) is 0 Å². The van der Waals surface area contributed by atoms with E-state index in [1.165, 1.54) is 0 Å². The monoisotopic (exact) mass is 208 g/mol. The molecule has 0 aliphatic carbocycles. The van der Waals surface area contributed by atoms with E-state index in [4.69, 9.17) is 0 Å². The lowest BCUT2D eigenvalue weighted by Gasteiger charge is -2.08. The third kappa shape index (κ3) is 4.85. The van der Waals surface area contributed by atoms with E-state index < -0.39 is 0 Å². The molecule has 0 aromatic carbocycles. The van der Waals surface area contributed by atoms with Crippen LogP contribution in [0.25, 0.3) is 0 Å². The van der Waals surface area contributed by atoms with Crippen LogP contribution in [0.1, 0.15) is 18.3 Å². The second-order valence-electron chi connectivity index (χ2n) is 3.84. The van der Waals surface area contributed by atoms with E-state index in [1.54, 1.807) is 0 Å². The highest BCUT2D eigenvalue weighted by atomic mass is 15.1. The molecule has 4 nitrogen and oxygen atoms in total. The first-order chi connectivity index (χ1) is 7.22. The van der Waals surface area contributed by atoms with Crippen molar-refractivity contribution < 1.29 is 0 Å². The molecule has 1 aromatic rings. The summed E-state index contributed by atoms with van der Waals surface area (Å²) in [6.07, 6.45) is 4.72. The normalized spacial score (nSPS) is 10.9. The number of aromatic nitrogens is 2. The maximum atomic E-state index is 4.33. The average Bonchev–Trinajstić information content (AvgIpc) is 2.25. The van der Waals surface area contributed by atoms with Gasteiger partial charge in [-0.2, -0.15) is 0 Å². The van der Waals surface area contributed by atoms with Gasteiger partial charge in [0.15, 0.2) is 0 Å².